The minimum atomic E-state index is -0.652. The van der Waals surface area contributed by atoms with E-state index in [1.165, 1.54) is 97.0 Å². The minimum absolute atomic E-state index is 0.652. The van der Waals surface area contributed by atoms with Gasteiger partial charge in [-0.15, -0.1) is 0 Å². The molecule has 9 aromatic carbocycles. The molecule has 0 fully saturated rings. The third kappa shape index (κ3) is 4.81. The van der Waals surface area contributed by atoms with Crippen LogP contribution in [0.4, 0.5) is 0 Å². The fourth-order valence-corrected chi connectivity index (χ4v) is 12.4. The molecule has 58 heavy (non-hydrogen) atoms. The zero-order valence-corrected chi connectivity index (χ0v) is 33.1. The van der Waals surface area contributed by atoms with E-state index in [1.54, 1.807) is 0 Å². The Bertz CT molecular complexity index is 3210. The molecule has 2 aliphatic rings. The first-order valence-corrected chi connectivity index (χ1v) is 21.5. The molecule has 0 N–H and O–H groups in total. The molecule has 0 radical (unpaired) electrons. The molecule has 0 bridgehead atoms. The standard InChI is InChI=1S/C55H35NS2/c1-4-18-36(19-5-1)39-34-35-40(37-20-6-2-7-21-37)54-53(39)55(45-28-12-15-32-49(45)58-54)44-27-11-14-31-48(44)57-50-33-17-26-42(52(50)55)41-25-16-30-47-51(41)43-24-10-13-29-46(43)56(47)38-22-8-3-9-23-38/h1-35H. The number of aromatic nitrogens is 1. The fraction of sp³-hybridized carbons (Fsp3) is 0.0182. The summed E-state index contributed by atoms with van der Waals surface area (Å²) in [7, 11) is 0. The zero-order chi connectivity index (χ0) is 38.2. The van der Waals surface area contributed by atoms with E-state index in [9.17, 15) is 0 Å². The highest BCUT2D eigenvalue weighted by Crippen LogP contribution is 2.66. The van der Waals surface area contributed by atoms with Crippen LogP contribution in [0.2, 0.25) is 0 Å². The van der Waals surface area contributed by atoms with Crippen molar-refractivity contribution < 1.29 is 0 Å². The lowest BCUT2D eigenvalue weighted by atomic mass is 9.61. The lowest BCUT2D eigenvalue weighted by Crippen LogP contribution is -2.38. The van der Waals surface area contributed by atoms with Crippen molar-refractivity contribution in [1.29, 1.82) is 0 Å². The fourth-order valence-electron chi connectivity index (χ4n) is 9.86. The first kappa shape index (κ1) is 33.6. The summed E-state index contributed by atoms with van der Waals surface area (Å²) >= 11 is 3.84. The molecule has 0 aliphatic carbocycles. The molecule has 1 spiro atoms. The maximum atomic E-state index is 2.44. The number of rotatable bonds is 4. The number of fused-ring (bicyclic) bond motifs is 11. The Morgan fingerprint density at radius 1 is 0.345 bits per heavy atom. The van der Waals surface area contributed by atoms with Crippen molar-refractivity contribution in [2.75, 3.05) is 0 Å². The van der Waals surface area contributed by atoms with Crippen LogP contribution in [0.3, 0.4) is 0 Å². The maximum absolute atomic E-state index is 2.44. The summed E-state index contributed by atoms with van der Waals surface area (Å²) in [6.07, 6.45) is 0. The van der Waals surface area contributed by atoms with Gasteiger partial charge < -0.3 is 4.57 Å². The summed E-state index contributed by atoms with van der Waals surface area (Å²) < 4.78 is 2.44. The molecule has 0 saturated heterocycles. The molecule has 1 unspecified atom stereocenters. The van der Waals surface area contributed by atoms with Gasteiger partial charge in [-0.25, -0.2) is 0 Å². The Hall–Kier alpha value is -6.52. The lowest BCUT2D eigenvalue weighted by Gasteiger charge is -2.48. The summed E-state index contributed by atoms with van der Waals surface area (Å²) in [5.74, 6) is 0. The van der Waals surface area contributed by atoms with Gasteiger partial charge in [-0.1, -0.05) is 193 Å². The SMILES string of the molecule is c1ccc(-c2ccc(-c3ccccc3)c3c2Sc2ccccc2C32c3ccccc3Sc3cccc(-c4cccc5c4c4ccccc4n5-c4ccccc4)c32)cc1. The van der Waals surface area contributed by atoms with Crippen LogP contribution in [0.25, 0.3) is 60.9 Å². The van der Waals surface area contributed by atoms with Crippen molar-refractivity contribution in [2.24, 2.45) is 0 Å². The third-order valence-corrected chi connectivity index (χ3v) is 14.5. The Kier molecular flexibility index (Phi) is 7.69. The van der Waals surface area contributed by atoms with Crippen LogP contribution in [0.1, 0.15) is 22.3 Å². The molecule has 0 saturated carbocycles. The van der Waals surface area contributed by atoms with E-state index in [-0.39, 0.29) is 0 Å². The van der Waals surface area contributed by atoms with Crippen molar-refractivity contribution in [3.8, 4) is 39.1 Å². The number of para-hydroxylation sites is 2. The smallest absolute Gasteiger partial charge is 0.0757 e. The van der Waals surface area contributed by atoms with Crippen molar-refractivity contribution in [1.82, 2.24) is 4.57 Å². The molecule has 3 heteroatoms. The van der Waals surface area contributed by atoms with Gasteiger partial charge in [-0.2, -0.15) is 0 Å². The summed E-state index contributed by atoms with van der Waals surface area (Å²) in [6.45, 7) is 0. The zero-order valence-electron chi connectivity index (χ0n) is 31.5. The van der Waals surface area contributed by atoms with E-state index in [0.717, 1.165) is 5.69 Å². The quantitative estimate of drug-likeness (QED) is 0.175. The molecular weight excluding hydrogens is 739 g/mol. The summed E-state index contributed by atoms with van der Waals surface area (Å²) in [6, 6.07) is 78.8. The Morgan fingerprint density at radius 2 is 0.879 bits per heavy atom. The third-order valence-electron chi connectivity index (χ3n) is 12.1. The van der Waals surface area contributed by atoms with Crippen molar-refractivity contribution in [3.05, 3.63) is 235 Å². The molecule has 1 atom stereocenters. The number of nitrogens with zero attached hydrogens (tertiary/aromatic N) is 1. The lowest BCUT2D eigenvalue weighted by molar-refractivity contribution is 0.671. The normalized spacial score (nSPS) is 15.2. The Balaban J connectivity index is 1.28. The average Bonchev–Trinajstić information content (AvgIpc) is 3.64. The van der Waals surface area contributed by atoms with Gasteiger partial charge in [-0.3, -0.25) is 0 Å². The molecule has 272 valence electrons. The van der Waals surface area contributed by atoms with Crippen LogP contribution in [0.5, 0.6) is 0 Å². The topological polar surface area (TPSA) is 4.93 Å². The van der Waals surface area contributed by atoms with E-state index in [1.807, 2.05) is 23.5 Å². The van der Waals surface area contributed by atoms with Gasteiger partial charge in [-0.05, 0) is 98.1 Å². The van der Waals surface area contributed by atoms with Crippen molar-refractivity contribution in [2.45, 2.75) is 25.0 Å². The van der Waals surface area contributed by atoms with Gasteiger partial charge in [0.25, 0.3) is 0 Å². The maximum Gasteiger partial charge on any atom is 0.0757 e. The minimum Gasteiger partial charge on any atom is -0.309 e. The summed E-state index contributed by atoms with van der Waals surface area (Å²) in [5.41, 5.74) is 15.8. The van der Waals surface area contributed by atoms with Crippen LogP contribution < -0.4 is 0 Å². The Morgan fingerprint density at radius 3 is 1.62 bits per heavy atom. The van der Waals surface area contributed by atoms with Crippen LogP contribution in [0, 0.1) is 0 Å². The highest BCUT2D eigenvalue weighted by Gasteiger charge is 2.51. The van der Waals surface area contributed by atoms with E-state index in [0.29, 0.717) is 0 Å². The Labute approximate surface area is 346 Å². The number of hydrogen-bond donors (Lipinski definition) is 0. The van der Waals surface area contributed by atoms with Gasteiger partial charge in [0.2, 0.25) is 0 Å². The molecule has 0 amide bonds. The largest absolute Gasteiger partial charge is 0.309 e. The van der Waals surface area contributed by atoms with Gasteiger partial charge in [0.1, 0.15) is 0 Å². The molecule has 10 aromatic rings. The highest BCUT2D eigenvalue weighted by molar-refractivity contribution is 8.00. The predicted molar refractivity (Wildman–Crippen MR) is 244 cm³/mol. The first-order valence-electron chi connectivity index (χ1n) is 19.9. The van der Waals surface area contributed by atoms with Crippen molar-refractivity contribution in [3.63, 3.8) is 0 Å². The van der Waals surface area contributed by atoms with Crippen LogP contribution in [-0.2, 0) is 5.41 Å². The van der Waals surface area contributed by atoms with E-state index in [4.69, 9.17) is 0 Å². The second-order valence-corrected chi connectivity index (χ2v) is 17.2. The van der Waals surface area contributed by atoms with E-state index >= 15 is 0 Å². The number of benzene rings is 9. The summed E-state index contributed by atoms with van der Waals surface area (Å²) in [5, 5.41) is 2.53. The van der Waals surface area contributed by atoms with Crippen LogP contribution >= 0.6 is 23.5 Å². The molecule has 3 heterocycles. The predicted octanol–water partition coefficient (Wildman–Crippen LogP) is 15.1. The van der Waals surface area contributed by atoms with Crippen LogP contribution in [-0.4, -0.2) is 4.57 Å². The highest BCUT2D eigenvalue weighted by atomic mass is 32.2. The second kappa shape index (κ2) is 13.3. The summed E-state index contributed by atoms with van der Waals surface area (Å²) in [4.78, 5) is 5.19. The average molecular weight is 774 g/mol. The van der Waals surface area contributed by atoms with Crippen molar-refractivity contribution >= 4 is 45.3 Å². The van der Waals surface area contributed by atoms with Gasteiger partial charge in [0.05, 0.1) is 16.4 Å². The molecular formula is C55H35NS2. The van der Waals surface area contributed by atoms with Gasteiger partial charge in [0.15, 0.2) is 0 Å². The molecule has 1 nitrogen and oxygen atoms in total. The molecule has 2 aliphatic heterocycles. The van der Waals surface area contributed by atoms with Crippen LogP contribution in [0.15, 0.2) is 232 Å². The second-order valence-electron chi connectivity index (χ2n) is 15.1. The van der Waals surface area contributed by atoms with E-state index < -0.39 is 5.41 Å². The van der Waals surface area contributed by atoms with E-state index in [2.05, 4.69) is 217 Å². The number of hydrogen-bond acceptors (Lipinski definition) is 2. The molecule has 1 aromatic heterocycles. The molecule has 12 rings (SSSR count). The van der Waals surface area contributed by atoms with Gasteiger partial charge >= 0.3 is 0 Å². The van der Waals surface area contributed by atoms with Gasteiger partial charge in [0, 0.05) is 36.0 Å². The first-order chi connectivity index (χ1) is 28.8. The monoisotopic (exact) mass is 773 g/mol.